The van der Waals surface area contributed by atoms with Gasteiger partial charge < -0.3 is 4.74 Å². The van der Waals surface area contributed by atoms with Crippen molar-refractivity contribution in [1.82, 2.24) is 4.72 Å². The topological polar surface area (TPSA) is 55.4 Å². The molecule has 0 saturated heterocycles. The first-order valence-corrected chi connectivity index (χ1v) is 8.66. The molecule has 0 heterocycles. The minimum absolute atomic E-state index is 0.0454. The molecule has 1 aromatic carbocycles. The molecule has 2 rings (SSSR count). The van der Waals surface area contributed by atoms with E-state index in [1.54, 1.807) is 6.07 Å². The average molecular weight is 369 g/mol. The fourth-order valence-electron chi connectivity index (χ4n) is 1.97. The summed E-state index contributed by atoms with van der Waals surface area (Å²) in [5.74, 6) is 0. The Morgan fingerprint density at radius 1 is 1.47 bits per heavy atom. The lowest BCUT2D eigenvalue weighted by molar-refractivity contribution is -0.00475. The monoisotopic (exact) mass is 367 g/mol. The van der Waals surface area contributed by atoms with E-state index >= 15 is 0 Å². The summed E-state index contributed by atoms with van der Waals surface area (Å²) in [7, 11) is -3.49. The zero-order valence-corrected chi connectivity index (χ0v) is 13.6. The molecule has 0 amide bonds. The van der Waals surface area contributed by atoms with Crippen molar-refractivity contribution in [3.8, 4) is 0 Å². The first-order chi connectivity index (χ1) is 8.92. The van der Waals surface area contributed by atoms with Crippen molar-refractivity contribution in [1.29, 1.82) is 0 Å². The maximum Gasteiger partial charge on any atom is 0.240 e. The Labute approximate surface area is 126 Å². The molecule has 0 aliphatic heterocycles. The highest BCUT2D eigenvalue weighted by Crippen LogP contribution is 2.28. The number of halogens is 2. The summed E-state index contributed by atoms with van der Waals surface area (Å²) in [6.07, 6.45) is 1.62. The van der Waals surface area contributed by atoms with E-state index in [0.29, 0.717) is 16.1 Å². The van der Waals surface area contributed by atoms with Crippen molar-refractivity contribution < 1.29 is 13.2 Å². The van der Waals surface area contributed by atoms with Gasteiger partial charge in [0.1, 0.15) is 0 Å². The number of hydrogen-bond donors (Lipinski definition) is 1. The van der Waals surface area contributed by atoms with Crippen molar-refractivity contribution >= 4 is 37.6 Å². The number of ether oxygens (including phenoxy) is 1. The molecule has 1 aliphatic carbocycles. The fourth-order valence-corrected chi connectivity index (χ4v) is 3.90. The van der Waals surface area contributed by atoms with Gasteiger partial charge in [-0.3, -0.25) is 0 Å². The van der Waals surface area contributed by atoms with Gasteiger partial charge in [-0.25, -0.2) is 13.1 Å². The lowest BCUT2D eigenvalue weighted by atomic mass is 9.90. The van der Waals surface area contributed by atoms with Crippen LogP contribution in [0.25, 0.3) is 0 Å². The molecule has 19 heavy (non-hydrogen) atoms. The SMILES string of the molecule is CCOC1CC(NS(=O)(=O)c2ccc(Cl)c(Br)c2)C1. The zero-order chi connectivity index (χ0) is 14.0. The van der Waals surface area contributed by atoms with E-state index in [2.05, 4.69) is 20.7 Å². The smallest absolute Gasteiger partial charge is 0.240 e. The number of sulfonamides is 1. The molecule has 0 radical (unpaired) electrons. The number of benzene rings is 1. The van der Waals surface area contributed by atoms with Crippen LogP contribution >= 0.6 is 27.5 Å². The Kier molecular flexibility index (Phi) is 4.89. The molecule has 4 nitrogen and oxygen atoms in total. The third-order valence-electron chi connectivity index (χ3n) is 3.02. The third-order valence-corrected chi connectivity index (χ3v) is 5.75. The highest BCUT2D eigenvalue weighted by Gasteiger charge is 2.33. The molecule has 0 spiro atoms. The molecule has 0 atom stereocenters. The van der Waals surface area contributed by atoms with Crippen LogP contribution in [0.4, 0.5) is 0 Å². The van der Waals surface area contributed by atoms with E-state index < -0.39 is 10.0 Å². The Balaban J connectivity index is 2.01. The van der Waals surface area contributed by atoms with Crippen molar-refractivity contribution in [3.05, 3.63) is 27.7 Å². The molecule has 0 unspecified atom stereocenters. The molecule has 106 valence electrons. The molecule has 1 aromatic rings. The number of rotatable bonds is 5. The first kappa shape index (κ1) is 15.3. The fraction of sp³-hybridized carbons (Fsp3) is 0.500. The minimum Gasteiger partial charge on any atom is -0.378 e. The van der Waals surface area contributed by atoms with Gasteiger partial charge in [-0.2, -0.15) is 0 Å². The summed E-state index contributed by atoms with van der Waals surface area (Å²) in [6, 6.07) is 4.51. The maximum atomic E-state index is 12.1. The van der Waals surface area contributed by atoms with Crippen LogP contribution in [0.15, 0.2) is 27.6 Å². The normalized spacial score (nSPS) is 23.1. The van der Waals surface area contributed by atoms with Crippen molar-refractivity contribution in [2.24, 2.45) is 0 Å². The minimum atomic E-state index is -3.49. The quantitative estimate of drug-likeness (QED) is 0.869. The second-order valence-electron chi connectivity index (χ2n) is 4.44. The maximum absolute atomic E-state index is 12.1. The Morgan fingerprint density at radius 2 is 2.16 bits per heavy atom. The molecule has 0 bridgehead atoms. The van der Waals surface area contributed by atoms with Crippen molar-refractivity contribution in [3.63, 3.8) is 0 Å². The molecule has 0 aromatic heterocycles. The molecule has 7 heteroatoms. The molecular formula is C12H15BrClNO3S. The number of nitrogens with one attached hydrogen (secondary N) is 1. The summed E-state index contributed by atoms with van der Waals surface area (Å²) in [5, 5.41) is 0.485. The van der Waals surface area contributed by atoms with Gasteiger partial charge in [0, 0.05) is 17.1 Å². The van der Waals surface area contributed by atoms with E-state index in [4.69, 9.17) is 16.3 Å². The largest absolute Gasteiger partial charge is 0.378 e. The van der Waals surface area contributed by atoms with Crippen LogP contribution < -0.4 is 4.72 Å². The van der Waals surface area contributed by atoms with E-state index in [0.717, 1.165) is 12.8 Å². The standard InChI is InChI=1S/C12H15BrClNO3S/c1-2-18-9-5-8(6-9)15-19(16,17)10-3-4-12(14)11(13)7-10/h3-4,7-9,15H,2,5-6H2,1H3. The van der Waals surface area contributed by atoms with E-state index in [1.165, 1.54) is 12.1 Å². The lowest BCUT2D eigenvalue weighted by Gasteiger charge is -2.35. The van der Waals surface area contributed by atoms with Gasteiger partial charge in [-0.1, -0.05) is 11.6 Å². The van der Waals surface area contributed by atoms with E-state index in [-0.39, 0.29) is 17.0 Å². The van der Waals surface area contributed by atoms with Crippen LogP contribution in [-0.2, 0) is 14.8 Å². The molecule has 1 aliphatic rings. The molecule has 1 fully saturated rings. The van der Waals surface area contributed by atoms with E-state index in [9.17, 15) is 8.42 Å². The second-order valence-corrected chi connectivity index (χ2v) is 7.42. The van der Waals surface area contributed by atoms with Gasteiger partial charge in [0.25, 0.3) is 0 Å². The van der Waals surface area contributed by atoms with Crippen LogP contribution in [0.5, 0.6) is 0 Å². The summed E-state index contributed by atoms with van der Waals surface area (Å²) >= 11 is 9.07. The third kappa shape index (κ3) is 3.70. The van der Waals surface area contributed by atoms with Gasteiger partial charge in [-0.15, -0.1) is 0 Å². The highest BCUT2D eigenvalue weighted by molar-refractivity contribution is 9.10. The molecular weight excluding hydrogens is 354 g/mol. The predicted octanol–water partition coefficient (Wildman–Crippen LogP) is 2.95. The van der Waals surface area contributed by atoms with Crippen LogP contribution in [-0.4, -0.2) is 27.2 Å². The van der Waals surface area contributed by atoms with Gasteiger partial charge >= 0.3 is 0 Å². The summed E-state index contributed by atoms with van der Waals surface area (Å²) < 4.78 is 32.9. The summed E-state index contributed by atoms with van der Waals surface area (Å²) in [6.45, 7) is 2.59. The van der Waals surface area contributed by atoms with E-state index in [1.807, 2.05) is 6.92 Å². The second kappa shape index (κ2) is 6.10. The van der Waals surface area contributed by atoms with Crippen LogP contribution in [0.1, 0.15) is 19.8 Å². The lowest BCUT2D eigenvalue weighted by Crippen LogP contribution is -2.47. The Morgan fingerprint density at radius 3 is 2.74 bits per heavy atom. The first-order valence-electron chi connectivity index (χ1n) is 6.01. The number of hydrogen-bond acceptors (Lipinski definition) is 3. The Hall–Kier alpha value is -0.140. The van der Waals surface area contributed by atoms with Crippen LogP contribution in [0.2, 0.25) is 5.02 Å². The molecule has 1 N–H and O–H groups in total. The van der Waals surface area contributed by atoms with Gasteiger partial charge in [0.05, 0.1) is 16.0 Å². The van der Waals surface area contributed by atoms with Crippen LogP contribution in [0.3, 0.4) is 0 Å². The highest BCUT2D eigenvalue weighted by atomic mass is 79.9. The Bertz CT molecular complexity index is 558. The average Bonchev–Trinajstić information content (AvgIpc) is 2.30. The van der Waals surface area contributed by atoms with Crippen LogP contribution in [0, 0.1) is 0 Å². The van der Waals surface area contributed by atoms with Crippen molar-refractivity contribution in [2.75, 3.05) is 6.61 Å². The van der Waals surface area contributed by atoms with Gasteiger partial charge in [0.15, 0.2) is 0 Å². The molecule has 1 saturated carbocycles. The van der Waals surface area contributed by atoms with Gasteiger partial charge in [-0.05, 0) is 53.9 Å². The van der Waals surface area contributed by atoms with Crippen molar-refractivity contribution in [2.45, 2.75) is 36.8 Å². The zero-order valence-electron chi connectivity index (χ0n) is 10.4. The summed E-state index contributed by atoms with van der Waals surface area (Å²) in [4.78, 5) is 0.212. The van der Waals surface area contributed by atoms with Gasteiger partial charge in [0.2, 0.25) is 10.0 Å². The predicted molar refractivity (Wildman–Crippen MR) is 77.9 cm³/mol. The summed E-state index contributed by atoms with van der Waals surface area (Å²) in [5.41, 5.74) is 0.